The molecule has 5 nitrogen and oxygen atoms in total. The zero-order valence-corrected chi connectivity index (χ0v) is 15.2. The molecule has 0 fully saturated rings. The lowest BCUT2D eigenvalue weighted by molar-refractivity contribution is 0.0795. The predicted molar refractivity (Wildman–Crippen MR) is 99.9 cm³/mol. The van der Waals surface area contributed by atoms with Gasteiger partial charge in [0.2, 0.25) is 5.28 Å². The van der Waals surface area contributed by atoms with Crippen molar-refractivity contribution >= 4 is 11.6 Å². The van der Waals surface area contributed by atoms with Crippen molar-refractivity contribution in [2.75, 3.05) is 6.61 Å². The number of aliphatic hydroxyl groups excluding tert-OH is 2. The number of ether oxygens (including phenoxy) is 1. The maximum atomic E-state index is 11.0. The van der Waals surface area contributed by atoms with E-state index in [4.69, 9.17) is 16.3 Å². The molecule has 6 heteroatoms. The number of halogens is 1. The van der Waals surface area contributed by atoms with Crippen molar-refractivity contribution in [1.29, 1.82) is 0 Å². The van der Waals surface area contributed by atoms with Crippen LogP contribution in [0.25, 0.3) is 0 Å². The van der Waals surface area contributed by atoms with Gasteiger partial charge in [-0.2, -0.15) is 0 Å². The molecule has 0 aliphatic rings. The Bertz CT molecular complexity index is 837. The van der Waals surface area contributed by atoms with Gasteiger partial charge in [0, 0.05) is 6.61 Å². The smallest absolute Gasteiger partial charge is 0.205 e. The number of imidazole rings is 1. The molecule has 136 valence electrons. The fourth-order valence-electron chi connectivity index (χ4n) is 2.84. The minimum Gasteiger partial charge on any atom is -0.382 e. The van der Waals surface area contributed by atoms with Crippen LogP contribution in [0.4, 0.5) is 0 Å². The van der Waals surface area contributed by atoms with Crippen LogP contribution in [0, 0.1) is 0 Å². The number of rotatable bonds is 7. The average Bonchev–Trinajstić information content (AvgIpc) is 3.02. The summed E-state index contributed by atoms with van der Waals surface area (Å²) in [6.45, 7) is 2.51. The van der Waals surface area contributed by atoms with E-state index in [0.717, 1.165) is 0 Å². The van der Waals surface area contributed by atoms with Crippen LogP contribution < -0.4 is 0 Å². The molecule has 0 saturated heterocycles. The summed E-state index contributed by atoms with van der Waals surface area (Å²) in [5, 5.41) is 22.0. The number of hydrogen-bond donors (Lipinski definition) is 2. The van der Waals surface area contributed by atoms with Crippen molar-refractivity contribution in [2.45, 2.75) is 25.9 Å². The second kappa shape index (κ2) is 8.47. The zero-order chi connectivity index (χ0) is 18.5. The van der Waals surface area contributed by atoms with Gasteiger partial charge in [-0.25, -0.2) is 4.98 Å². The molecular weight excluding hydrogens is 352 g/mol. The van der Waals surface area contributed by atoms with Crippen molar-refractivity contribution in [2.24, 2.45) is 0 Å². The van der Waals surface area contributed by atoms with Gasteiger partial charge in [-0.1, -0.05) is 60.7 Å². The lowest BCUT2D eigenvalue weighted by Crippen LogP contribution is -2.14. The third kappa shape index (κ3) is 3.81. The Morgan fingerprint density at radius 2 is 1.50 bits per heavy atom. The first-order valence-electron chi connectivity index (χ1n) is 8.43. The maximum absolute atomic E-state index is 11.0. The van der Waals surface area contributed by atoms with E-state index in [1.54, 1.807) is 16.7 Å². The Morgan fingerprint density at radius 3 is 2.04 bits per heavy atom. The van der Waals surface area contributed by atoms with Crippen LogP contribution in [0.1, 0.15) is 41.6 Å². The van der Waals surface area contributed by atoms with Gasteiger partial charge in [0.1, 0.15) is 18.9 Å². The fraction of sp³-hybridized carbons (Fsp3) is 0.250. The molecule has 2 unspecified atom stereocenters. The number of nitrogens with zero attached hydrogens (tertiary/aromatic N) is 2. The number of hydrogen-bond acceptors (Lipinski definition) is 4. The summed E-state index contributed by atoms with van der Waals surface area (Å²) in [7, 11) is 0. The molecule has 3 rings (SSSR count). The molecule has 1 aromatic heterocycles. The van der Waals surface area contributed by atoms with Crippen molar-refractivity contribution in [3.05, 3.63) is 88.5 Å². The molecule has 2 N–H and O–H groups in total. The van der Waals surface area contributed by atoms with Gasteiger partial charge in [0.15, 0.2) is 0 Å². The molecule has 2 aromatic carbocycles. The van der Waals surface area contributed by atoms with Gasteiger partial charge in [0.25, 0.3) is 0 Å². The largest absolute Gasteiger partial charge is 0.382 e. The Kier molecular flexibility index (Phi) is 6.06. The van der Waals surface area contributed by atoms with E-state index in [1.807, 2.05) is 55.5 Å². The highest BCUT2D eigenvalue weighted by molar-refractivity contribution is 6.28. The molecular formula is C20H21ClN2O3. The second-order valence-corrected chi connectivity index (χ2v) is 6.17. The maximum Gasteiger partial charge on any atom is 0.205 e. The molecule has 0 radical (unpaired) electrons. The quantitative estimate of drug-likeness (QED) is 0.663. The second-order valence-electron chi connectivity index (χ2n) is 5.83. The molecule has 0 saturated carbocycles. The molecule has 0 aliphatic carbocycles. The highest BCUT2D eigenvalue weighted by Gasteiger charge is 2.28. The molecule has 0 amide bonds. The summed E-state index contributed by atoms with van der Waals surface area (Å²) in [5.41, 5.74) is 2.10. The summed E-state index contributed by atoms with van der Waals surface area (Å²) >= 11 is 6.30. The molecule has 0 bridgehead atoms. The van der Waals surface area contributed by atoms with E-state index in [2.05, 4.69) is 4.98 Å². The molecule has 0 aliphatic heterocycles. The van der Waals surface area contributed by atoms with Gasteiger partial charge in [0.05, 0.1) is 11.4 Å². The van der Waals surface area contributed by atoms with Crippen LogP contribution in [0.3, 0.4) is 0 Å². The SMILES string of the molecule is CCOCn1c(Cl)nc(C(O)c2ccccc2)c1C(O)c1ccccc1. The highest BCUT2D eigenvalue weighted by atomic mass is 35.5. The van der Waals surface area contributed by atoms with Crippen LogP contribution in [-0.4, -0.2) is 26.4 Å². The first-order valence-corrected chi connectivity index (χ1v) is 8.80. The molecule has 0 spiro atoms. The highest BCUT2D eigenvalue weighted by Crippen LogP contribution is 2.33. The Hall–Kier alpha value is -2.18. The van der Waals surface area contributed by atoms with Crippen molar-refractivity contribution in [3.63, 3.8) is 0 Å². The standard InChI is InChI=1S/C20H21ClN2O3/c1-2-26-13-23-17(19(25)15-11-7-4-8-12-15)16(22-20(23)21)18(24)14-9-5-3-6-10-14/h3-12,18-19,24-25H,2,13H2,1H3. The summed E-state index contributed by atoms with van der Waals surface area (Å²) in [6.07, 6.45) is -2.00. The minimum absolute atomic E-state index is 0.142. The van der Waals surface area contributed by atoms with Gasteiger partial charge < -0.3 is 14.9 Å². The van der Waals surface area contributed by atoms with Gasteiger partial charge in [-0.05, 0) is 29.7 Å². The van der Waals surface area contributed by atoms with E-state index in [9.17, 15) is 10.2 Å². The van der Waals surface area contributed by atoms with E-state index in [-0.39, 0.29) is 12.0 Å². The van der Waals surface area contributed by atoms with Crippen LogP contribution in [0.2, 0.25) is 5.28 Å². The van der Waals surface area contributed by atoms with Crippen LogP contribution in [-0.2, 0) is 11.5 Å². The summed E-state index contributed by atoms with van der Waals surface area (Å²) < 4.78 is 7.06. The Labute approximate surface area is 157 Å². The fourth-order valence-corrected chi connectivity index (χ4v) is 3.07. The van der Waals surface area contributed by atoms with Gasteiger partial charge in [-0.3, -0.25) is 4.57 Å². The molecule has 1 heterocycles. The lowest BCUT2D eigenvalue weighted by Gasteiger charge is -2.18. The van der Waals surface area contributed by atoms with Crippen molar-refractivity contribution in [3.8, 4) is 0 Å². The first kappa shape index (κ1) is 18.6. The minimum atomic E-state index is -1.01. The van der Waals surface area contributed by atoms with Gasteiger partial charge >= 0.3 is 0 Å². The molecule has 26 heavy (non-hydrogen) atoms. The van der Waals surface area contributed by atoms with E-state index in [0.29, 0.717) is 29.1 Å². The zero-order valence-electron chi connectivity index (χ0n) is 14.4. The Balaban J connectivity index is 2.09. The normalized spacial score (nSPS) is 13.5. The number of aromatic nitrogens is 2. The third-order valence-corrected chi connectivity index (χ3v) is 4.45. The van der Waals surface area contributed by atoms with Gasteiger partial charge in [-0.15, -0.1) is 0 Å². The van der Waals surface area contributed by atoms with Crippen molar-refractivity contribution < 1.29 is 14.9 Å². The lowest BCUT2D eigenvalue weighted by atomic mass is 9.99. The Morgan fingerprint density at radius 1 is 0.962 bits per heavy atom. The van der Waals surface area contributed by atoms with E-state index < -0.39 is 12.2 Å². The number of aliphatic hydroxyl groups is 2. The molecule has 3 aromatic rings. The van der Waals surface area contributed by atoms with Crippen molar-refractivity contribution in [1.82, 2.24) is 9.55 Å². The molecule has 2 atom stereocenters. The predicted octanol–water partition coefficient (Wildman–Crippen LogP) is 3.69. The van der Waals surface area contributed by atoms with E-state index in [1.165, 1.54) is 0 Å². The topological polar surface area (TPSA) is 67.5 Å². The summed E-state index contributed by atoms with van der Waals surface area (Å²) in [6, 6.07) is 18.3. The first-order chi connectivity index (χ1) is 12.6. The van der Waals surface area contributed by atoms with Crippen LogP contribution in [0.15, 0.2) is 60.7 Å². The average molecular weight is 373 g/mol. The third-order valence-electron chi connectivity index (χ3n) is 4.16. The van der Waals surface area contributed by atoms with E-state index >= 15 is 0 Å². The van der Waals surface area contributed by atoms with Crippen LogP contribution >= 0.6 is 11.6 Å². The monoisotopic (exact) mass is 372 g/mol. The summed E-state index contributed by atoms with van der Waals surface area (Å²) in [5.74, 6) is 0. The summed E-state index contributed by atoms with van der Waals surface area (Å²) in [4.78, 5) is 4.32. The van der Waals surface area contributed by atoms with Crippen LogP contribution in [0.5, 0.6) is 0 Å². The number of benzene rings is 2.